The summed E-state index contributed by atoms with van der Waals surface area (Å²) in [6.07, 6.45) is 2.69. The van der Waals surface area contributed by atoms with Crippen LogP contribution in [0.1, 0.15) is 12.8 Å². The van der Waals surface area contributed by atoms with Crippen LogP contribution in [0.4, 0.5) is 5.69 Å². The Balaban J connectivity index is 2.17. The summed E-state index contributed by atoms with van der Waals surface area (Å²) >= 11 is 0. The van der Waals surface area contributed by atoms with Crippen LogP contribution in [0.15, 0.2) is 18.2 Å². The SMILES string of the molecule is COc1cc(N)cc(OC2CC2)c1. The number of hydrogen-bond donors (Lipinski definition) is 1. The van der Waals surface area contributed by atoms with Crippen molar-refractivity contribution in [2.75, 3.05) is 12.8 Å². The van der Waals surface area contributed by atoms with Crippen LogP contribution in [0.3, 0.4) is 0 Å². The zero-order valence-electron chi connectivity index (χ0n) is 7.62. The molecule has 1 saturated carbocycles. The smallest absolute Gasteiger partial charge is 0.125 e. The van der Waals surface area contributed by atoms with Crippen molar-refractivity contribution in [3.8, 4) is 11.5 Å². The summed E-state index contributed by atoms with van der Waals surface area (Å²) < 4.78 is 10.7. The molecule has 1 aromatic carbocycles. The Morgan fingerprint density at radius 2 is 1.92 bits per heavy atom. The van der Waals surface area contributed by atoms with Crippen molar-refractivity contribution in [2.24, 2.45) is 0 Å². The molecule has 0 amide bonds. The lowest BCUT2D eigenvalue weighted by Crippen LogP contribution is -1.97. The maximum absolute atomic E-state index is 5.67. The summed E-state index contributed by atoms with van der Waals surface area (Å²) in [5, 5.41) is 0. The van der Waals surface area contributed by atoms with Gasteiger partial charge in [0.2, 0.25) is 0 Å². The van der Waals surface area contributed by atoms with Crippen LogP contribution in [0.25, 0.3) is 0 Å². The van der Waals surface area contributed by atoms with Gasteiger partial charge >= 0.3 is 0 Å². The van der Waals surface area contributed by atoms with Crippen LogP contribution in [0, 0.1) is 0 Å². The van der Waals surface area contributed by atoms with Crippen molar-refractivity contribution >= 4 is 5.69 Å². The molecule has 3 nitrogen and oxygen atoms in total. The third-order valence-electron chi connectivity index (χ3n) is 1.97. The van der Waals surface area contributed by atoms with Gasteiger partial charge in [-0.2, -0.15) is 0 Å². The van der Waals surface area contributed by atoms with Gasteiger partial charge < -0.3 is 15.2 Å². The molecular weight excluding hydrogens is 166 g/mol. The predicted octanol–water partition coefficient (Wildman–Crippen LogP) is 1.82. The Labute approximate surface area is 77.5 Å². The minimum Gasteiger partial charge on any atom is -0.497 e. The van der Waals surface area contributed by atoms with Crippen molar-refractivity contribution in [1.29, 1.82) is 0 Å². The van der Waals surface area contributed by atoms with E-state index in [1.807, 2.05) is 12.1 Å². The lowest BCUT2D eigenvalue weighted by atomic mass is 10.3. The Morgan fingerprint density at radius 1 is 1.23 bits per heavy atom. The molecule has 1 fully saturated rings. The number of anilines is 1. The van der Waals surface area contributed by atoms with E-state index in [2.05, 4.69) is 0 Å². The maximum Gasteiger partial charge on any atom is 0.125 e. The number of ether oxygens (including phenoxy) is 2. The summed E-state index contributed by atoms with van der Waals surface area (Å²) in [4.78, 5) is 0. The lowest BCUT2D eigenvalue weighted by Gasteiger charge is -2.07. The molecule has 0 heterocycles. The first-order valence-electron chi connectivity index (χ1n) is 4.39. The normalized spacial score (nSPS) is 15.5. The molecule has 1 aromatic rings. The van der Waals surface area contributed by atoms with E-state index < -0.39 is 0 Å². The van der Waals surface area contributed by atoms with Crippen LogP contribution in [-0.2, 0) is 0 Å². The summed E-state index contributed by atoms with van der Waals surface area (Å²) in [5.41, 5.74) is 6.35. The van der Waals surface area contributed by atoms with Crippen LogP contribution >= 0.6 is 0 Å². The average Bonchev–Trinajstić information content (AvgIpc) is 2.87. The molecule has 13 heavy (non-hydrogen) atoms. The Kier molecular flexibility index (Phi) is 2.00. The molecule has 1 aliphatic carbocycles. The maximum atomic E-state index is 5.67. The van der Waals surface area contributed by atoms with Gasteiger partial charge in [0.25, 0.3) is 0 Å². The van der Waals surface area contributed by atoms with Crippen molar-refractivity contribution in [2.45, 2.75) is 18.9 Å². The summed E-state index contributed by atoms with van der Waals surface area (Å²) in [6, 6.07) is 5.45. The van der Waals surface area contributed by atoms with E-state index in [1.165, 1.54) is 0 Å². The third kappa shape index (κ3) is 2.05. The first-order chi connectivity index (χ1) is 6.28. The van der Waals surface area contributed by atoms with Gasteiger partial charge in [-0.1, -0.05) is 0 Å². The Hall–Kier alpha value is -1.38. The minimum absolute atomic E-state index is 0.395. The van der Waals surface area contributed by atoms with E-state index >= 15 is 0 Å². The second-order valence-electron chi connectivity index (χ2n) is 3.26. The van der Waals surface area contributed by atoms with E-state index in [9.17, 15) is 0 Å². The van der Waals surface area contributed by atoms with Gasteiger partial charge in [-0.25, -0.2) is 0 Å². The summed E-state index contributed by atoms with van der Waals surface area (Å²) in [7, 11) is 1.62. The molecule has 1 aliphatic rings. The highest BCUT2D eigenvalue weighted by atomic mass is 16.5. The van der Waals surface area contributed by atoms with Crippen LogP contribution in [0.2, 0.25) is 0 Å². The van der Waals surface area contributed by atoms with Gasteiger partial charge in [-0.05, 0) is 12.8 Å². The monoisotopic (exact) mass is 179 g/mol. The van der Waals surface area contributed by atoms with Crippen LogP contribution in [-0.4, -0.2) is 13.2 Å². The fraction of sp³-hybridized carbons (Fsp3) is 0.400. The molecule has 0 atom stereocenters. The lowest BCUT2D eigenvalue weighted by molar-refractivity contribution is 0.301. The Bertz CT molecular complexity index is 308. The molecule has 2 rings (SSSR count). The van der Waals surface area contributed by atoms with Crippen molar-refractivity contribution < 1.29 is 9.47 Å². The zero-order chi connectivity index (χ0) is 9.26. The molecule has 2 N–H and O–H groups in total. The summed E-state index contributed by atoms with van der Waals surface area (Å²) in [5.74, 6) is 1.55. The second-order valence-corrected chi connectivity index (χ2v) is 3.26. The molecule has 0 aliphatic heterocycles. The van der Waals surface area contributed by atoms with Gasteiger partial charge in [-0.3, -0.25) is 0 Å². The molecule has 0 unspecified atom stereocenters. The highest BCUT2D eigenvalue weighted by Gasteiger charge is 2.23. The number of rotatable bonds is 3. The van der Waals surface area contributed by atoms with Crippen molar-refractivity contribution in [3.05, 3.63) is 18.2 Å². The molecule has 0 radical (unpaired) electrons. The topological polar surface area (TPSA) is 44.5 Å². The fourth-order valence-corrected chi connectivity index (χ4v) is 1.16. The van der Waals surface area contributed by atoms with Crippen molar-refractivity contribution in [3.63, 3.8) is 0 Å². The highest BCUT2D eigenvalue weighted by molar-refractivity contribution is 5.50. The Morgan fingerprint density at radius 3 is 2.54 bits per heavy atom. The molecule has 0 bridgehead atoms. The van der Waals surface area contributed by atoms with Crippen LogP contribution < -0.4 is 15.2 Å². The first-order valence-corrected chi connectivity index (χ1v) is 4.39. The second kappa shape index (κ2) is 3.17. The number of benzene rings is 1. The average molecular weight is 179 g/mol. The predicted molar refractivity (Wildman–Crippen MR) is 51.1 cm³/mol. The largest absolute Gasteiger partial charge is 0.497 e. The molecule has 0 aromatic heterocycles. The summed E-state index contributed by atoms with van der Waals surface area (Å²) in [6.45, 7) is 0. The van der Waals surface area contributed by atoms with E-state index in [1.54, 1.807) is 13.2 Å². The van der Waals surface area contributed by atoms with Crippen molar-refractivity contribution in [1.82, 2.24) is 0 Å². The standard InChI is InChI=1S/C10H13NO2/c1-12-9-4-7(11)5-10(6-9)13-8-2-3-8/h4-6,8H,2-3,11H2,1H3. The van der Waals surface area contributed by atoms with E-state index in [0.717, 1.165) is 24.3 Å². The molecule has 0 saturated heterocycles. The number of methoxy groups -OCH3 is 1. The highest BCUT2D eigenvalue weighted by Crippen LogP contribution is 2.30. The third-order valence-corrected chi connectivity index (χ3v) is 1.97. The molecule has 70 valence electrons. The van der Waals surface area contributed by atoms with Gasteiger partial charge in [0.15, 0.2) is 0 Å². The van der Waals surface area contributed by atoms with E-state index in [0.29, 0.717) is 11.8 Å². The quantitative estimate of drug-likeness (QED) is 0.720. The number of nitrogen functional groups attached to an aromatic ring is 1. The minimum atomic E-state index is 0.395. The molecular formula is C10H13NO2. The van der Waals surface area contributed by atoms with Gasteiger partial charge in [0.05, 0.1) is 13.2 Å². The number of hydrogen-bond acceptors (Lipinski definition) is 3. The van der Waals surface area contributed by atoms with Gasteiger partial charge in [0.1, 0.15) is 11.5 Å². The van der Waals surface area contributed by atoms with E-state index in [4.69, 9.17) is 15.2 Å². The van der Waals surface area contributed by atoms with Gasteiger partial charge in [0, 0.05) is 23.9 Å². The van der Waals surface area contributed by atoms with Crippen LogP contribution in [0.5, 0.6) is 11.5 Å². The number of nitrogens with two attached hydrogens (primary N) is 1. The molecule has 0 spiro atoms. The fourth-order valence-electron chi connectivity index (χ4n) is 1.16. The first kappa shape index (κ1) is 8.23. The van der Waals surface area contributed by atoms with E-state index in [-0.39, 0.29) is 0 Å². The van der Waals surface area contributed by atoms with Gasteiger partial charge in [-0.15, -0.1) is 0 Å². The molecule has 3 heteroatoms. The zero-order valence-corrected chi connectivity index (χ0v) is 7.62.